The van der Waals surface area contributed by atoms with Crippen molar-refractivity contribution in [3.8, 4) is 0 Å². The molecule has 0 bridgehead atoms. The lowest BCUT2D eigenvalue weighted by molar-refractivity contribution is -0.525. The summed E-state index contributed by atoms with van der Waals surface area (Å²) >= 11 is 0. The van der Waals surface area contributed by atoms with Gasteiger partial charge in [-0.2, -0.15) is 0 Å². The number of carbonyl (C=O) groups is 2. The van der Waals surface area contributed by atoms with Crippen molar-refractivity contribution in [3.05, 3.63) is 21.8 Å². The largest absolute Gasteiger partial charge is 0.475 e. The van der Waals surface area contributed by atoms with Crippen LogP contribution in [0.15, 0.2) is 16.6 Å². The van der Waals surface area contributed by atoms with Crippen LogP contribution in [0.4, 0.5) is 0 Å². The number of hydrogen-bond acceptors (Lipinski definition) is 7. The third kappa shape index (κ3) is 9.42. The summed E-state index contributed by atoms with van der Waals surface area (Å²) in [6.45, 7) is 12.0. The number of Topliss-reactive ketones (excluding diaryl/α,β-unsaturated/α-hetero) is 1. The van der Waals surface area contributed by atoms with Crippen LogP contribution in [0.1, 0.15) is 67.2 Å². The number of hydrazine groups is 1. The van der Waals surface area contributed by atoms with E-state index in [1.165, 1.54) is 0 Å². The van der Waals surface area contributed by atoms with Crippen molar-refractivity contribution in [1.82, 2.24) is 10.7 Å². The molecule has 1 fully saturated rings. The maximum atomic E-state index is 13.1. The summed E-state index contributed by atoms with van der Waals surface area (Å²) in [6, 6.07) is 0. The molecule has 1 saturated carbocycles. The summed E-state index contributed by atoms with van der Waals surface area (Å²) in [5, 5.41) is 31.6. The molecule has 0 radical (unpaired) electrons. The van der Waals surface area contributed by atoms with Crippen molar-refractivity contribution in [2.24, 2.45) is 39.8 Å². The van der Waals surface area contributed by atoms with Gasteiger partial charge in [0.15, 0.2) is 5.03 Å². The zero-order valence-electron chi connectivity index (χ0n) is 21.1. The van der Waals surface area contributed by atoms with Crippen molar-refractivity contribution < 1.29 is 24.7 Å². The molecule has 1 aliphatic carbocycles. The Balaban J connectivity index is 2.92. The molecule has 34 heavy (non-hydrogen) atoms. The highest BCUT2D eigenvalue weighted by Crippen LogP contribution is 2.60. The number of nitrogens with zero attached hydrogens (tertiary/aromatic N) is 2. The van der Waals surface area contributed by atoms with Crippen LogP contribution in [0.3, 0.4) is 0 Å². The Kier molecular flexibility index (Phi) is 11.2. The van der Waals surface area contributed by atoms with Gasteiger partial charge in [0, 0.05) is 24.8 Å². The van der Waals surface area contributed by atoms with E-state index in [2.05, 4.69) is 16.4 Å². The van der Waals surface area contributed by atoms with E-state index in [9.17, 15) is 29.8 Å². The van der Waals surface area contributed by atoms with Crippen LogP contribution in [0.25, 0.3) is 0 Å². The van der Waals surface area contributed by atoms with Gasteiger partial charge < -0.3 is 21.1 Å². The molecule has 11 nitrogen and oxygen atoms in total. The predicted octanol–water partition coefficient (Wildman–Crippen LogP) is 1.22. The third-order valence-electron chi connectivity index (χ3n) is 6.20. The molecule has 0 aromatic carbocycles. The second kappa shape index (κ2) is 12.8. The van der Waals surface area contributed by atoms with Gasteiger partial charge in [0.2, 0.25) is 5.91 Å². The van der Waals surface area contributed by atoms with Crippen molar-refractivity contribution in [2.45, 2.75) is 73.2 Å². The lowest BCUT2D eigenvalue weighted by Crippen LogP contribution is -2.49. The summed E-state index contributed by atoms with van der Waals surface area (Å²) in [6.07, 6.45) is 3.15. The molecule has 6 N–H and O–H groups in total. The maximum Gasteiger partial charge on any atom is 0.475 e. The highest BCUT2D eigenvalue weighted by atomic mass is 16.7. The molecule has 0 heterocycles. The quantitative estimate of drug-likeness (QED) is 0.0467. The Hall–Kier alpha value is -2.47. The van der Waals surface area contributed by atoms with E-state index in [-0.39, 0.29) is 47.9 Å². The number of nitrogens with one attached hydrogen (secondary N) is 2. The van der Waals surface area contributed by atoms with E-state index in [1.807, 2.05) is 41.5 Å². The first kappa shape index (κ1) is 29.6. The SMILES string of the molecule is CC(C)=CC1C(C(=O)C[C@@H](CCCN=C(N)N[N+](=O)[O-])C(=O)N[C@@H](CC(C)C)B(O)O)C1(C)C. The molecular formula is C22H40BN5O6. The summed E-state index contributed by atoms with van der Waals surface area (Å²) in [7, 11) is -1.72. The van der Waals surface area contributed by atoms with E-state index in [1.54, 1.807) is 5.43 Å². The number of allylic oxidation sites excluding steroid dienone is 2. The first-order valence-electron chi connectivity index (χ1n) is 11.7. The van der Waals surface area contributed by atoms with Crippen molar-refractivity contribution in [1.29, 1.82) is 0 Å². The molecule has 1 aliphatic rings. The summed E-state index contributed by atoms with van der Waals surface area (Å²) < 4.78 is 0. The monoisotopic (exact) mass is 481 g/mol. The molecule has 0 spiro atoms. The number of aliphatic imine (C=N–C) groups is 1. The van der Waals surface area contributed by atoms with Gasteiger partial charge in [0.05, 0.1) is 5.94 Å². The van der Waals surface area contributed by atoms with Gasteiger partial charge in [0.25, 0.3) is 5.96 Å². The molecule has 2 unspecified atom stereocenters. The molecule has 12 heteroatoms. The fourth-order valence-corrected chi connectivity index (χ4v) is 4.39. The van der Waals surface area contributed by atoms with Crippen LogP contribution in [0.2, 0.25) is 0 Å². The number of amides is 1. The molecule has 0 aromatic heterocycles. The minimum Gasteiger partial charge on any atom is -0.426 e. The van der Waals surface area contributed by atoms with E-state index in [0.29, 0.717) is 19.3 Å². The average Bonchev–Trinajstić information content (AvgIpc) is 3.21. The molecule has 0 saturated heterocycles. The molecular weight excluding hydrogens is 441 g/mol. The Bertz CT molecular complexity index is 795. The summed E-state index contributed by atoms with van der Waals surface area (Å²) in [4.78, 5) is 40.5. The van der Waals surface area contributed by atoms with Crippen LogP contribution in [-0.2, 0) is 9.59 Å². The number of carbonyl (C=O) groups excluding carboxylic acids is 2. The second-order valence-electron chi connectivity index (χ2n) is 10.4. The van der Waals surface area contributed by atoms with Crippen LogP contribution in [-0.4, -0.2) is 52.3 Å². The number of nitro groups is 1. The highest BCUT2D eigenvalue weighted by molar-refractivity contribution is 6.43. The van der Waals surface area contributed by atoms with Gasteiger partial charge in [-0.05, 0) is 50.4 Å². The van der Waals surface area contributed by atoms with E-state index in [0.717, 1.165) is 5.57 Å². The fourth-order valence-electron chi connectivity index (χ4n) is 4.39. The minimum atomic E-state index is -1.72. The van der Waals surface area contributed by atoms with Gasteiger partial charge in [-0.3, -0.25) is 9.59 Å². The minimum absolute atomic E-state index is 0.00404. The number of guanidine groups is 1. The van der Waals surface area contributed by atoms with E-state index >= 15 is 0 Å². The zero-order valence-corrected chi connectivity index (χ0v) is 21.1. The standard InChI is InChI=1S/C22H40BN5O6/c1-13(2)10-16-19(22(16,5)6)17(29)12-15(8-7-9-25-21(24)27-28(33)34)20(30)26-18(23(31)32)11-14(3)4/h10,14-16,18-19,31-32H,7-9,11-12H2,1-6H3,(H,26,30)(H3,24,25,27)/t15-,16?,18+,19?/m1/s1. The van der Waals surface area contributed by atoms with Gasteiger partial charge in [-0.15, -0.1) is 0 Å². The number of nitrogens with two attached hydrogens (primary N) is 1. The van der Waals surface area contributed by atoms with Gasteiger partial charge >= 0.3 is 7.12 Å². The topological polar surface area (TPSA) is 180 Å². The smallest absolute Gasteiger partial charge is 0.426 e. The molecule has 4 atom stereocenters. The third-order valence-corrected chi connectivity index (χ3v) is 6.20. The number of hydrogen-bond donors (Lipinski definition) is 5. The van der Waals surface area contributed by atoms with Crippen LogP contribution in [0.5, 0.6) is 0 Å². The van der Waals surface area contributed by atoms with Gasteiger partial charge in [-0.25, -0.2) is 15.1 Å². The lowest BCUT2D eigenvalue weighted by Gasteiger charge is -2.23. The molecule has 0 aliphatic heterocycles. The van der Waals surface area contributed by atoms with Gasteiger partial charge in [-0.1, -0.05) is 44.8 Å². The fraction of sp³-hybridized carbons (Fsp3) is 0.773. The first-order valence-corrected chi connectivity index (χ1v) is 11.7. The average molecular weight is 481 g/mol. The van der Waals surface area contributed by atoms with Gasteiger partial charge in [0.1, 0.15) is 5.78 Å². The van der Waals surface area contributed by atoms with E-state index in [4.69, 9.17) is 5.73 Å². The molecule has 1 rings (SSSR count). The number of ketones is 1. The van der Waals surface area contributed by atoms with Crippen molar-refractivity contribution in [2.75, 3.05) is 6.54 Å². The Labute approximate surface area is 201 Å². The summed E-state index contributed by atoms with van der Waals surface area (Å²) in [5.41, 5.74) is 8.12. The normalized spacial score (nSPS) is 20.8. The van der Waals surface area contributed by atoms with Crippen LogP contribution < -0.4 is 16.5 Å². The predicted molar refractivity (Wildman–Crippen MR) is 131 cm³/mol. The lowest BCUT2D eigenvalue weighted by atomic mass is 9.74. The Morgan fingerprint density at radius 1 is 1.29 bits per heavy atom. The second-order valence-corrected chi connectivity index (χ2v) is 10.4. The maximum absolute atomic E-state index is 13.1. The van der Waals surface area contributed by atoms with Crippen molar-refractivity contribution >= 4 is 24.8 Å². The van der Waals surface area contributed by atoms with Crippen LogP contribution >= 0.6 is 0 Å². The van der Waals surface area contributed by atoms with E-state index < -0.39 is 29.9 Å². The van der Waals surface area contributed by atoms with Crippen LogP contribution in [0, 0.1) is 39.2 Å². The molecule has 0 aromatic rings. The number of rotatable bonds is 14. The highest BCUT2D eigenvalue weighted by Gasteiger charge is 2.59. The van der Waals surface area contributed by atoms with Crippen molar-refractivity contribution in [3.63, 3.8) is 0 Å². The zero-order chi connectivity index (χ0) is 26.2. The Morgan fingerprint density at radius 2 is 1.91 bits per heavy atom. The Morgan fingerprint density at radius 3 is 2.41 bits per heavy atom. The molecule has 1 amide bonds. The first-order chi connectivity index (χ1) is 15.7. The molecule has 192 valence electrons. The summed E-state index contributed by atoms with van der Waals surface area (Å²) in [5.74, 6) is -2.24.